The molecule has 1 atom stereocenters. The maximum Gasteiger partial charge on any atom is 0.272 e. The molecule has 2 rings (SSSR count). The van der Waals surface area contributed by atoms with E-state index in [0.717, 1.165) is 25.2 Å². The maximum atomic E-state index is 12.6. The van der Waals surface area contributed by atoms with Gasteiger partial charge in [-0.05, 0) is 45.7 Å². The van der Waals surface area contributed by atoms with Crippen LogP contribution in [-0.2, 0) is 0 Å². The second-order valence-corrected chi connectivity index (χ2v) is 5.90. The van der Waals surface area contributed by atoms with Gasteiger partial charge >= 0.3 is 0 Å². The van der Waals surface area contributed by atoms with Gasteiger partial charge in [-0.2, -0.15) is 0 Å². The quantitative estimate of drug-likeness (QED) is 0.920. The highest BCUT2D eigenvalue weighted by Crippen LogP contribution is 2.19. The number of anilines is 1. The third kappa shape index (κ3) is 3.71. The summed E-state index contributed by atoms with van der Waals surface area (Å²) >= 11 is 0. The Bertz CT molecular complexity index is 459. The van der Waals surface area contributed by atoms with Crippen molar-refractivity contribution in [1.29, 1.82) is 0 Å². The Morgan fingerprint density at radius 2 is 2.15 bits per heavy atom. The molecule has 1 aromatic rings. The summed E-state index contributed by atoms with van der Waals surface area (Å²) < 4.78 is 0. The predicted octanol–water partition coefficient (Wildman–Crippen LogP) is 3.31. The largest absolute Gasteiger partial charge is 0.368 e. The molecule has 0 radical (unpaired) electrons. The van der Waals surface area contributed by atoms with E-state index in [2.05, 4.69) is 31.1 Å². The summed E-state index contributed by atoms with van der Waals surface area (Å²) in [5.74, 6) is 0.833. The first kappa shape index (κ1) is 14.8. The smallest absolute Gasteiger partial charge is 0.272 e. The molecule has 4 heteroatoms. The van der Waals surface area contributed by atoms with Gasteiger partial charge in [0.15, 0.2) is 0 Å². The topological polar surface area (TPSA) is 45.2 Å². The van der Waals surface area contributed by atoms with Crippen molar-refractivity contribution in [3.63, 3.8) is 0 Å². The number of amides is 1. The van der Waals surface area contributed by atoms with Crippen molar-refractivity contribution in [2.75, 3.05) is 11.9 Å². The molecule has 0 aromatic carbocycles. The summed E-state index contributed by atoms with van der Waals surface area (Å²) in [4.78, 5) is 19.1. The van der Waals surface area contributed by atoms with Crippen molar-refractivity contribution < 1.29 is 4.79 Å². The number of nitrogens with zero attached hydrogens (tertiary/aromatic N) is 2. The van der Waals surface area contributed by atoms with E-state index in [-0.39, 0.29) is 5.91 Å². The SMILES string of the molecule is CC(C)Nc1cccc(C(=O)N2CCCCCC2C)n1. The van der Waals surface area contributed by atoms with Crippen molar-refractivity contribution >= 4 is 11.7 Å². The van der Waals surface area contributed by atoms with Crippen LogP contribution in [0.25, 0.3) is 0 Å². The first-order valence-electron chi connectivity index (χ1n) is 7.62. The molecule has 1 aromatic heterocycles. The Balaban J connectivity index is 2.15. The van der Waals surface area contributed by atoms with Gasteiger partial charge in [0, 0.05) is 18.6 Å². The first-order valence-corrected chi connectivity index (χ1v) is 7.62. The van der Waals surface area contributed by atoms with Crippen LogP contribution in [0.3, 0.4) is 0 Å². The number of pyridine rings is 1. The average Bonchev–Trinajstić information content (AvgIpc) is 2.62. The molecular formula is C16H25N3O. The Kier molecular flexibility index (Phi) is 4.99. The van der Waals surface area contributed by atoms with Gasteiger partial charge < -0.3 is 10.2 Å². The van der Waals surface area contributed by atoms with Gasteiger partial charge in [-0.25, -0.2) is 4.98 Å². The number of likely N-dealkylation sites (tertiary alicyclic amines) is 1. The molecule has 0 aliphatic carbocycles. The number of hydrogen-bond acceptors (Lipinski definition) is 3. The van der Waals surface area contributed by atoms with Gasteiger partial charge in [0.1, 0.15) is 11.5 Å². The summed E-state index contributed by atoms with van der Waals surface area (Å²) in [7, 11) is 0. The van der Waals surface area contributed by atoms with Crippen LogP contribution in [0.1, 0.15) is 56.9 Å². The molecule has 2 heterocycles. The number of aromatic nitrogens is 1. The summed E-state index contributed by atoms with van der Waals surface area (Å²) in [6.45, 7) is 7.11. The summed E-state index contributed by atoms with van der Waals surface area (Å²) in [6.07, 6.45) is 4.62. The molecule has 0 bridgehead atoms. The lowest BCUT2D eigenvalue weighted by molar-refractivity contribution is 0.0692. The van der Waals surface area contributed by atoms with Gasteiger partial charge in [-0.3, -0.25) is 4.79 Å². The lowest BCUT2D eigenvalue weighted by Gasteiger charge is -2.27. The van der Waals surface area contributed by atoms with E-state index in [1.54, 1.807) is 0 Å². The monoisotopic (exact) mass is 275 g/mol. The van der Waals surface area contributed by atoms with E-state index >= 15 is 0 Å². The number of rotatable bonds is 3. The molecule has 1 aliphatic heterocycles. The minimum Gasteiger partial charge on any atom is -0.368 e. The molecule has 4 nitrogen and oxygen atoms in total. The average molecular weight is 275 g/mol. The lowest BCUT2D eigenvalue weighted by Crippen LogP contribution is -2.38. The highest BCUT2D eigenvalue weighted by atomic mass is 16.2. The third-order valence-electron chi connectivity index (χ3n) is 3.72. The highest BCUT2D eigenvalue weighted by Gasteiger charge is 2.24. The van der Waals surface area contributed by atoms with Crippen LogP contribution in [0.5, 0.6) is 0 Å². The van der Waals surface area contributed by atoms with Gasteiger partial charge in [0.25, 0.3) is 5.91 Å². The Morgan fingerprint density at radius 1 is 1.35 bits per heavy atom. The fraction of sp³-hybridized carbons (Fsp3) is 0.625. The minimum absolute atomic E-state index is 0.0619. The second kappa shape index (κ2) is 6.73. The number of carbonyl (C=O) groups is 1. The van der Waals surface area contributed by atoms with Gasteiger partial charge in [-0.15, -0.1) is 0 Å². The van der Waals surface area contributed by atoms with Crippen molar-refractivity contribution in [3.05, 3.63) is 23.9 Å². The lowest BCUT2D eigenvalue weighted by atomic mass is 10.1. The normalized spacial score (nSPS) is 19.8. The van der Waals surface area contributed by atoms with Crippen LogP contribution in [0, 0.1) is 0 Å². The summed E-state index contributed by atoms with van der Waals surface area (Å²) in [5.41, 5.74) is 0.546. The van der Waals surface area contributed by atoms with E-state index in [4.69, 9.17) is 0 Å². The molecule has 1 aliphatic rings. The number of nitrogens with one attached hydrogen (secondary N) is 1. The minimum atomic E-state index is 0.0619. The van der Waals surface area contributed by atoms with Crippen LogP contribution in [0.15, 0.2) is 18.2 Å². The molecule has 20 heavy (non-hydrogen) atoms. The fourth-order valence-electron chi connectivity index (χ4n) is 2.65. The standard InChI is InChI=1S/C16H25N3O/c1-12(2)17-15-10-7-9-14(18-15)16(20)19-11-6-4-5-8-13(19)3/h7,9-10,12-13H,4-6,8,11H2,1-3H3,(H,17,18). The van der Waals surface area contributed by atoms with Crippen molar-refractivity contribution in [3.8, 4) is 0 Å². The predicted molar refractivity (Wildman–Crippen MR) is 82.0 cm³/mol. The molecule has 0 saturated carbocycles. The molecule has 1 saturated heterocycles. The molecule has 1 amide bonds. The molecule has 0 spiro atoms. The highest BCUT2D eigenvalue weighted by molar-refractivity contribution is 5.92. The van der Waals surface area contributed by atoms with Crippen LogP contribution in [-0.4, -0.2) is 34.4 Å². The molecule has 1 fully saturated rings. The van der Waals surface area contributed by atoms with Crippen molar-refractivity contribution in [1.82, 2.24) is 9.88 Å². The van der Waals surface area contributed by atoms with E-state index in [1.165, 1.54) is 12.8 Å². The van der Waals surface area contributed by atoms with Crippen LogP contribution >= 0.6 is 0 Å². The number of carbonyl (C=O) groups excluding carboxylic acids is 1. The summed E-state index contributed by atoms with van der Waals surface area (Å²) in [5, 5.41) is 3.24. The first-order chi connectivity index (χ1) is 9.58. The zero-order valence-corrected chi connectivity index (χ0v) is 12.7. The van der Waals surface area contributed by atoms with Crippen molar-refractivity contribution in [2.45, 2.75) is 58.5 Å². The van der Waals surface area contributed by atoms with Gasteiger partial charge in [0.05, 0.1) is 0 Å². The Morgan fingerprint density at radius 3 is 2.90 bits per heavy atom. The third-order valence-corrected chi connectivity index (χ3v) is 3.72. The zero-order chi connectivity index (χ0) is 14.5. The van der Waals surface area contributed by atoms with E-state index in [9.17, 15) is 4.79 Å². The maximum absolute atomic E-state index is 12.6. The van der Waals surface area contributed by atoms with E-state index in [1.807, 2.05) is 23.1 Å². The van der Waals surface area contributed by atoms with Gasteiger partial charge in [-0.1, -0.05) is 18.9 Å². The van der Waals surface area contributed by atoms with E-state index in [0.29, 0.717) is 17.8 Å². The van der Waals surface area contributed by atoms with Crippen molar-refractivity contribution in [2.24, 2.45) is 0 Å². The molecule has 1 N–H and O–H groups in total. The second-order valence-electron chi connectivity index (χ2n) is 5.90. The van der Waals surface area contributed by atoms with E-state index < -0.39 is 0 Å². The van der Waals surface area contributed by atoms with Crippen LogP contribution in [0.2, 0.25) is 0 Å². The zero-order valence-electron chi connectivity index (χ0n) is 12.7. The van der Waals surface area contributed by atoms with Gasteiger partial charge in [0.2, 0.25) is 0 Å². The Labute approximate surface area is 121 Å². The van der Waals surface area contributed by atoms with Crippen LogP contribution < -0.4 is 5.32 Å². The van der Waals surface area contributed by atoms with Crippen LogP contribution in [0.4, 0.5) is 5.82 Å². The number of hydrogen-bond donors (Lipinski definition) is 1. The molecule has 1 unspecified atom stereocenters. The fourth-order valence-corrected chi connectivity index (χ4v) is 2.65. The Hall–Kier alpha value is -1.58. The molecule has 110 valence electrons. The molecular weight excluding hydrogens is 250 g/mol. The summed E-state index contributed by atoms with van der Waals surface area (Å²) in [6, 6.07) is 6.24.